The van der Waals surface area contributed by atoms with Gasteiger partial charge in [-0.3, -0.25) is 0 Å². The molecule has 3 nitrogen and oxygen atoms in total. The SMILES string of the molecule is Cc1nc(CN[C@@H]2CCC[C@H]2O)cs1. The molecule has 0 radical (unpaired) electrons. The summed E-state index contributed by atoms with van der Waals surface area (Å²) in [6.07, 6.45) is 3.00. The summed E-state index contributed by atoms with van der Waals surface area (Å²) >= 11 is 1.67. The highest BCUT2D eigenvalue weighted by Crippen LogP contribution is 2.19. The first-order valence-electron chi connectivity index (χ1n) is 5.08. The second-order valence-corrected chi connectivity index (χ2v) is 4.91. The molecule has 14 heavy (non-hydrogen) atoms. The molecule has 1 heterocycles. The van der Waals surface area contributed by atoms with Crippen LogP contribution in [0.25, 0.3) is 0 Å². The smallest absolute Gasteiger partial charge is 0.0897 e. The van der Waals surface area contributed by atoms with Gasteiger partial charge in [-0.05, 0) is 26.2 Å². The van der Waals surface area contributed by atoms with Gasteiger partial charge in [-0.2, -0.15) is 0 Å². The summed E-state index contributed by atoms with van der Waals surface area (Å²) in [5.41, 5.74) is 1.09. The quantitative estimate of drug-likeness (QED) is 0.797. The van der Waals surface area contributed by atoms with Crippen molar-refractivity contribution in [3.63, 3.8) is 0 Å². The van der Waals surface area contributed by atoms with Crippen molar-refractivity contribution in [2.75, 3.05) is 0 Å². The zero-order chi connectivity index (χ0) is 9.97. The van der Waals surface area contributed by atoms with Crippen LogP contribution in [-0.4, -0.2) is 22.2 Å². The maximum Gasteiger partial charge on any atom is 0.0897 e. The molecule has 0 aliphatic heterocycles. The van der Waals surface area contributed by atoms with Crippen LogP contribution in [0, 0.1) is 6.92 Å². The van der Waals surface area contributed by atoms with E-state index in [-0.39, 0.29) is 12.1 Å². The molecular formula is C10H16N2OS. The van der Waals surface area contributed by atoms with Crippen molar-refractivity contribution >= 4 is 11.3 Å². The van der Waals surface area contributed by atoms with Gasteiger partial charge >= 0.3 is 0 Å². The highest BCUT2D eigenvalue weighted by molar-refractivity contribution is 7.09. The first kappa shape index (κ1) is 10.1. The Balaban J connectivity index is 1.82. The fourth-order valence-corrected chi connectivity index (χ4v) is 2.52. The Bertz CT molecular complexity index is 300. The zero-order valence-corrected chi connectivity index (χ0v) is 9.18. The number of hydrogen-bond donors (Lipinski definition) is 2. The lowest BCUT2D eigenvalue weighted by Gasteiger charge is -2.15. The zero-order valence-electron chi connectivity index (χ0n) is 8.36. The molecule has 0 saturated heterocycles. The van der Waals surface area contributed by atoms with E-state index >= 15 is 0 Å². The Morgan fingerprint density at radius 3 is 3.07 bits per heavy atom. The molecule has 1 saturated carbocycles. The van der Waals surface area contributed by atoms with Crippen molar-refractivity contribution in [2.24, 2.45) is 0 Å². The van der Waals surface area contributed by atoms with E-state index in [4.69, 9.17) is 0 Å². The molecule has 2 atom stereocenters. The number of nitrogens with zero attached hydrogens (tertiary/aromatic N) is 1. The van der Waals surface area contributed by atoms with E-state index in [9.17, 15) is 5.11 Å². The number of aryl methyl sites for hydroxylation is 1. The summed E-state index contributed by atoms with van der Waals surface area (Å²) in [4.78, 5) is 4.37. The van der Waals surface area contributed by atoms with Crippen molar-refractivity contribution in [3.8, 4) is 0 Å². The fraction of sp³-hybridized carbons (Fsp3) is 0.700. The topological polar surface area (TPSA) is 45.2 Å². The molecule has 4 heteroatoms. The van der Waals surface area contributed by atoms with E-state index in [0.29, 0.717) is 0 Å². The summed E-state index contributed by atoms with van der Waals surface area (Å²) < 4.78 is 0. The van der Waals surface area contributed by atoms with Crippen molar-refractivity contribution in [1.82, 2.24) is 10.3 Å². The summed E-state index contributed by atoms with van der Waals surface area (Å²) in [6.45, 7) is 2.80. The predicted octanol–water partition coefficient (Wildman–Crippen LogP) is 1.45. The molecule has 78 valence electrons. The molecule has 1 aliphatic rings. The van der Waals surface area contributed by atoms with E-state index in [1.165, 1.54) is 0 Å². The average Bonchev–Trinajstić information content (AvgIpc) is 2.72. The van der Waals surface area contributed by atoms with E-state index in [0.717, 1.165) is 36.5 Å². The number of hydrogen-bond acceptors (Lipinski definition) is 4. The maximum atomic E-state index is 9.59. The Morgan fingerprint density at radius 2 is 2.50 bits per heavy atom. The number of aromatic nitrogens is 1. The Hall–Kier alpha value is -0.450. The van der Waals surface area contributed by atoms with Gasteiger partial charge < -0.3 is 10.4 Å². The van der Waals surface area contributed by atoms with Gasteiger partial charge in [0.1, 0.15) is 0 Å². The van der Waals surface area contributed by atoms with Crippen LogP contribution in [0.3, 0.4) is 0 Å². The van der Waals surface area contributed by atoms with Crippen LogP contribution < -0.4 is 5.32 Å². The molecule has 0 amide bonds. The van der Waals surface area contributed by atoms with Crippen molar-refractivity contribution < 1.29 is 5.11 Å². The van der Waals surface area contributed by atoms with E-state index in [1.807, 2.05) is 6.92 Å². The Kier molecular flexibility index (Phi) is 3.15. The summed E-state index contributed by atoms with van der Waals surface area (Å²) in [6, 6.07) is 0.275. The van der Waals surface area contributed by atoms with Gasteiger partial charge in [-0.1, -0.05) is 0 Å². The lowest BCUT2D eigenvalue weighted by molar-refractivity contribution is 0.148. The van der Waals surface area contributed by atoms with E-state index in [1.54, 1.807) is 11.3 Å². The highest BCUT2D eigenvalue weighted by atomic mass is 32.1. The normalized spacial score (nSPS) is 27.0. The van der Waals surface area contributed by atoms with Crippen molar-refractivity contribution in [3.05, 3.63) is 16.1 Å². The van der Waals surface area contributed by atoms with E-state index < -0.39 is 0 Å². The molecule has 0 unspecified atom stereocenters. The molecule has 1 aliphatic carbocycles. The lowest BCUT2D eigenvalue weighted by atomic mass is 10.2. The number of rotatable bonds is 3. The van der Waals surface area contributed by atoms with Gasteiger partial charge in [0, 0.05) is 18.0 Å². The van der Waals surface area contributed by atoms with Gasteiger partial charge in [0.15, 0.2) is 0 Å². The number of aliphatic hydroxyl groups excluding tert-OH is 1. The fourth-order valence-electron chi connectivity index (χ4n) is 1.90. The largest absolute Gasteiger partial charge is 0.392 e. The van der Waals surface area contributed by atoms with Crippen molar-refractivity contribution in [2.45, 2.75) is 44.9 Å². The molecule has 2 rings (SSSR count). The second kappa shape index (κ2) is 4.38. The first-order valence-corrected chi connectivity index (χ1v) is 5.96. The number of aliphatic hydroxyl groups is 1. The van der Waals surface area contributed by atoms with Crippen LogP contribution in [0.2, 0.25) is 0 Å². The maximum absolute atomic E-state index is 9.59. The van der Waals surface area contributed by atoms with Crippen LogP contribution in [0.15, 0.2) is 5.38 Å². The van der Waals surface area contributed by atoms with Crippen LogP contribution in [0.1, 0.15) is 30.0 Å². The third-order valence-electron chi connectivity index (χ3n) is 2.69. The third-order valence-corrected chi connectivity index (χ3v) is 3.51. The number of thiazole rings is 1. The second-order valence-electron chi connectivity index (χ2n) is 3.84. The highest BCUT2D eigenvalue weighted by Gasteiger charge is 2.24. The molecule has 1 fully saturated rings. The molecular weight excluding hydrogens is 196 g/mol. The Morgan fingerprint density at radius 1 is 1.64 bits per heavy atom. The molecule has 1 aromatic rings. The van der Waals surface area contributed by atoms with Crippen molar-refractivity contribution in [1.29, 1.82) is 0 Å². The summed E-state index contributed by atoms with van der Waals surface area (Å²) in [5, 5.41) is 16.1. The van der Waals surface area contributed by atoms with Crippen LogP contribution >= 0.6 is 11.3 Å². The van der Waals surface area contributed by atoms with Gasteiger partial charge in [0.05, 0.1) is 16.8 Å². The summed E-state index contributed by atoms with van der Waals surface area (Å²) in [5.74, 6) is 0. The minimum atomic E-state index is -0.158. The molecule has 0 spiro atoms. The van der Waals surface area contributed by atoms with E-state index in [2.05, 4.69) is 15.7 Å². The molecule has 0 bridgehead atoms. The molecule has 1 aromatic heterocycles. The lowest BCUT2D eigenvalue weighted by Crippen LogP contribution is -2.35. The summed E-state index contributed by atoms with van der Waals surface area (Å²) in [7, 11) is 0. The van der Waals surface area contributed by atoms with Gasteiger partial charge in [0.2, 0.25) is 0 Å². The monoisotopic (exact) mass is 212 g/mol. The average molecular weight is 212 g/mol. The molecule has 2 N–H and O–H groups in total. The van der Waals surface area contributed by atoms with Crippen LogP contribution in [-0.2, 0) is 6.54 Å². The Labute approximate surface area is 88.2 Å². The molecule has 0 aromatic carbocycles. The predicted molar refractivity (Wildman–Crippen MR) is 57.3 cm³/mol. The minimum absolute atomic E-state index is 0.158. The number of nitrogens with one attached hydrogen (secondary N) is 1. The van der Waals surface area contributed by atoms with Gasteiger partial charge in [0.25, 0.3) is 0 Å². The minimum Gasteiger partial charge on any atom is -0.392 e. The standard InChI is InChI=1S/C10H16N2OS/c1-7-12-8(6-14-7)5-11-9-3-2-4-10(9)13/h6,9-11,13H,2-5H2,1H3/t9-,10-/m1/s1. The third kappa shape index (κ3) is 2.32. The van der Waals surface area contributed by atoms with Gasteiger partial charge in [-0.25, -0.2) is 4.98 Å². The first-order chi connectivity index (χ1) is 6.75. The van der Waals surface area contributed by atoms with Crippen LogP contribution in [0.5, 0.6) is 0 Å². The van der Waals surface area contributed by atoms with Gasteiger partial charge in [-0.15, -0.1) is 11.3 Å². The van der Waals surface area contributed by atoms with Crippen LogP contribution in [0.4, 0.5) is 0 Å².